The van der Waals surface area contributed by atoms with Crippen molar-refractivity contribution in [3.63, 3.8) is 0 Å². The molecule has 0 spiro atoms. The predicted molar refractivity (Wildman–Crippen MR) is 88.8 cm³/mol. The molecule has 0 saturated heterocycles. The maximum atomic E-state index is 13.1. The Morgan fingerprint density at radius 3 is 1.62 bits per heavy atom. The van der Waals surface area contributed by atoms with Gasteiger partial charge in [0.05, 0.1) is 0 Å². The second kappa shape index (κ2) is 5.88. The Morgan fingerprint density at radius 2 is 1.24 bits per heavy atom. The first kappa shape index (κ1) is 15.6. The lowest BCUT2D eigenvalue weighted by Gasteiger charge is -2.30. The summed E-state index contributed by atoms with van der Waals surface area (Å²) in [6.07, 6.45) is 0. The fourth-order valence-corrected chi connectivity index (χ4v) is 2.47. The van der Waals surface area contributed by atoms with Gasteiger partial charge in [-0.3, -0.25) is 0 Å². The Bertz CT molecular complexity index is 576. The molecule has 0 N–H and O–H groups in total. The number of rotatable bonds is 3. The summed E-state index contributed by atoms with van der Waals surface area (Å²) in [5.41, 5.74) is 3.60. The van der Waals surface area contributed by atoms with Crippen LogP contribution in [0.3, 0.4) is 0 Å². The van der Waals surface area contributed by atoms with Gasteiger partial charge in [0.25, 0.3) is 0 Å². The first-order valence-electron chi connectivity index (χ1n) is 7.44. The van der Waals surface area contributed by atoms with Crippen LogP contribution in [-0.2, 0) is 5.41 Å². The number of hydrogen-bond acceptors (Lipinski definition) is 1. The smallest absolute Gasteiger partial charge is 0.123 e. The molecule has 0 unspecified atom stereocenters. The highest BCUT2D eigenvalue weighted by Crippen LogP contribution is 2.30. The first-order chi connectivity index (χ1) is 9.79. The fourth-order valence-electron chi connectivity index (χ4n) is 2.47. The van der Waals surface area contributed by atoms with Crippen molar-refractivity contribution in [1.29, 1.82) is 0 Å². The van der Waals surface area contributed by atoms with Crippen LogP contribution < -0.4 is 4.90 Å². The van der Waals surface area contributed by atoms with E-state index in [0.717, 1.165) is 11.4 Å². The lowest BCUT2D eigenvalue weighted by molar-refractivity contribution is 0.590. The van der Waals surface area contributed by atoms with Crippen molar-refractivity contribution in [2.45, 2.75) is 46.1 Å². The van der Waals surface area contributed by atoms with Crippen LogP contribution in [0, 0.1) is 5.82 Å². The van der Waals surface area contributed by atoms with Crippen LogP contribution in [0.2, 0.25) is 0 Å². The van der Waals surface area contributed by atoms with E-state index in [1.54, 1.807) is 0 Å². The predicted octanol–water partition coefficient (Wildman–Crippen LogP) is 5.67. The minimum Gasteiger partial charge on any atom is -0.339 e. The summed E-state index contributed by atoms with van der Waals surface area (Å²) in [7, 11) is 0. The molecule has 0 aliphatic heterocycles. The Balaban J connectivity index is 2.37. The molecule has 0 atom stereocenters. The molecule has 0 fully saturated rings. The van der Waals surface area contributed by atoms with Gasteiger partial charge in [-0.25, -0.2) is 4.39 Å². The molecule has 0 aliphatic carbocycles. The largest absolute Gasteiger partial charge is 0.339 e. The summed E-state index contributed by atoms with van der Waals surface area (Å²) in [6.45, 7) is 10.9. The van der Waals surface area contributed by atoms with Crippen LogP contribution in [0.25, 0.3) is 0 Å². The molecule has 2 aromatic carbocycles. The summed E-state index contributed by atoms with van der Waals surface area (Å²) in [4.78, 5) is 2.21. The van der Waals surface area contributed by atoms with E-state index in [-0.39, 0.29) is 11.2 Å². The molecule has 112 valence electrons. The van der Waals surface area contributed by atoms with E-state index in [2.05, 4.69) is 63.8 Å². The molecular formula is C19H24FN. The number of benzene rings is 2. The zero-order valence-electron chi connectivity index (χ0n) is 13.5. The molecule has 2 heteroatoms. The molecule has 0 amide bonds. The van der Waals surface area contributed by atoms with Gasteiger partial charge < -0.3 is 4.90 Å². The topological polar surface area (TPSA) is 3.24 Å². The van der Waals surface area contributed by atoms with E-state index in [1.807, 2.05) is 12.1 Å². The van der Waals surface area contributed by atoms with Crippen LogP contribution in [-0.4, -0.2) is 6.04 Å². The zero-order valence-corrected chi connectivity index (χ0v) is 13.5. The first-order valence-corrected chi connectivity index (χ1v) is 7.44. The van der Waals surface area contributed by atoms with E-state index in [4.69, 9.17) is 0 Å². The molecule has 2 rings (SSSR count). The van der Waals surface area contributed by atoms with E-state index >= 15 is 0 Å². The Labute approximate surface area is 127 Å². The number of hydrogen-bond donors (Lipinski definition) is 0. The quantitative estimate of drug-likeness (QED) is 0.702. The van der Waals surface area contributed by atoms with Gasteiger partial charge in [0, 0.05) is 17.4 Å². The van der Waals surface area contributed by atoms with Crippen molar-refractivity contribution >= 4 is 11.4 Å². The maximum absolute atomic E-state index is 13.1. The van der Waals surface area contributed by atoms with Crippen molar-refractivity contribution in [3.05, 3.63) is 59.9 Å². The van der Waals surface area contributed by atoms with Gasteiger partial charge in [-0.05, 0) is 61.2 Å². The Morgan fingerprint density at radius 1 is 0.810 bits per heavy atom. The van der Waals surface area contributed by atoms with Crippen molar-refractivity contribution in [2.24, 2.45) is 0 Å². The van der Waals surface area contributed by atoms with Crippen molar-refractivity contribution < 1.29 is 4.39 Å². The Kier molecular flexibility index (Phi) is 4.36. The van der Waals surface area contributed by atoms with Gasteiger partial charge in [-0.15, -0.1) is 0 Å². The van der Waals surface area contributed by atoms with Gasteiger partial charge >= 0.3 is 0 Å². The third-order valence-corrected chi connectivity index (χ3v) is 3.63. The van der Waals surface area contributed by atoms with Gasteiger partial charge in [0.1, 0.15) is 5.82 Å². The molecular weight excluding hydrogens is 261 g/mol. The molecule has 0 radical (unpaired) electrons. The van der Waals surface area contributed by atoms with Gasteiger partial charge in [-0.1, -0.05) is 32.9 Å². The van der Waals surface area contributed by atoms with E-state index < -0.39 is 0 Å². The number of anilines is 2. The second-order valence-corrected chi connectivity index (χ2v) is 6.74. The third kappa shape index (κ3) is 3.63. The molecule has 0 heterocycles. The normalized spacial score (nSPS) is 11.8. The summed E-state index contributed by atoms with van der Waals surface area (Å²) in [5, 5.41) is 0. The molecule has 0 aliphatic rings. The highest BCUT2D eigenvalue weighted by Gasteiger charge is 2.16. The van der Waals surface area contributed by atoms with Crippen LogP contribution in [0.4, 0.5) is 15.8 Å². The number of halogens is 1. The van der Waals surface area contributed by atoms with Gasteiger partial charge in [0.15, 0.2) is 0 Å². The minimum absolute atomic E-state index is 0.150. The summed E-state index contributed by atoms with van der Waals surface area (Å²) in [6, 6.07) is 15.6. The van der Waals surface area contributed by atoms with Crippen LogP contribution in [0.5, 0.6) is 0 Å². The SMILES string of the molecule is CC(C)N(c1ccc(F)cc1)c1ccc(C(C)(C)C)cc1. The second-order valence-electron chi connectivity index (χ2n) is 6.74. The van der Waals surface area contributed by atoms with Crippen LogP contribution >= 0.6 is 0 Å². The lowest BCUT2D eigenvalue weighted by atomic mass is 9.87. The Hall–Kier alpha value is -1.83. The van der Waals surface area contributed by atoms with Crippen molar-refractivity contribution in [3.8, 4) is 0 Å². The molecule has 0 aromatic heterocycles. The molecule has 21 heavy (non-hydrogen) atoms. The average molecular weight is 285 g/mol. The summed E-state index contributed by atoms with van der Waals surface area (Å²) >= 11 is 0. The van der Waals surface area contributed by atoms with Gasteiger partial charge in [0.2, 0.25) is 0 Å². The highest BCUT2D eigenvalue weighted by molar-refractivity contribution is 5.64. The summed E-state index contributed by atoms with van der Waals surface area (Å²) in [5.74, 6) is -0.203. The van der Waals surface area contributed by atoms with E-state index in [0.29, 0.717) is 6.04 Å². The standard InChI is InChI=1S/C19H24FN/c1-14(2)21(18-12-8-16(20)9-13-18)17-10-6-15(7-11-17)19(3,4)5/h6-14H,1-5H3. The summed E-state index contributed by atoms with van der Waals surface area (Å²) < 4.78 is 13.1. The van der Waals surface area contributed by atoms with E-state index in [1.165, 1.54) is 17.7 Å². The zero-order chi connectivity index (χ0) is 15.6. The maximum Gasteiger partial charge on any atom is 0.123 e. The van der Waals surface area contributed by atoms with Gasteiger partial charge in [-0.2, -0.15) is 0 Å². The van der Waals surface area contributed by atoms with E-state index in [9.17, 15) is 4.39 Å². The van der Waals surface area contributed by atoms with Crippen LogP contribution in [0.15, 0.2) is 48.5 Å². The third-order valence-electron chi connectivity index (χ3n) is 3.63. The fraction of sp³-hybridized carbons (Fsp3) is 0.368. The molecule has 1 nitrogen and oxygen atoms in total. The minimum atomic E-state index is -0.203. The average Bonchev–Trinajstić information content (AvgIpc) is 2.40. The monoisotopic (exact) mass is 285 g/mol. The van der Waals surface area contributed by atoms with Crippen LogP contribution in [0.1, 0.15) is 40.2 Å². The molecule has 0 bridgehead atoms. The highest BCUT2D eigenvalue weighted by atomic mass is 19.1. The molecule has 2 aromatic rings. The number of nitrogens with zero attached hydrogens (tertiary/aromatic N) is 1. The lowest BCUT2D eigenvalue weighted by Crippen LogP contribution is -2.25. The van der Waals surface area contributed by atoms with Crippen molar-refractivity contribution in [2.75, 3.05) is 4.90 Å². The molecule has 0 saturated carbocycles. The van der Waals surface area contributed by atoms with Crippen molar-refractivity contribution in [1.82, 2.24) is 0 Å².